The molecular formula is C85H130O43. The van der Waals surface area contributed by atoms with E-state index in [1.54, 1.807) is 0 Å². The van der Waals surface area contributed by atoms with Crippen LogP contribution in [0.5, 0.6) is 11.5 Å². The Morgan fingerprint density at radius 2 is 1.00 bits per heavy atom. The minimum atomic E-state index is -2.13. The third kappa shape index (κ3) is 18.4. The van der Waals surface area contributed by atoms with Crippen molar-refractivity contribution < 1.29 is 213 Å². The average Bonchev–Trinajstić information content (AvgIpc) is 0.672. The molecule has 14 rings (SSSR count). The number of aliphatic hydroxyl groups excluding tert-OH is 22. The maximum Gasteiger partial charge on any atom is 0.331 e. The molecule has 5 aliphatic carbocycles. The van der Waals surface area contributed by atoms with E-state index in [0.717, 1.165) is 23.8 Å². The van der Waals surface area contributed by atoms with Crippen LogP contribution in [0.15, 0.2) is 35.9 Å². The predicted octanol–water partition coefficient (Wildman–Crippen LogP) is -6.76. The number of rotatable bonds is 24. The Labute approximate surface area is 736 Å². The fraction of sp³-hybridized carbons (Fsp3) is 0.859. The van der Waals surface area contributed by atoms with Crippen molar-refractivity contribution in [2.75, 3.05) is 46.2 Å². The summed E-state index contributed by atoms with van der Waals surface area (Å²) in [6.45, 7) is 10.9. The lowest BCUT2D eigenvalue weighted by Gasteiger charge is -2.71. The Morgan fingerprint density at radius 3 is 1.66 bits per heavy atom. The van der Waals surface area contributed by atoms with Crippen LogP contribution in [-0.4, -0.2) is 420 Å². The van der Waals surface area contributed by atoms with E-state index in [4.69, 9.17) is 80.5 Å². The van der Waals surface area contributed by atoms with Gasteiger partial charge < -0.3 is 203 Å². The molecule has 4 saturated carbocycles. The second-order valence-corrected chi connectivity index (χ2v) is 38.9. The van der Waals surface area contributed by atoms with Crippen LogP contribution in [0.25, 0.3) is 6.08 Å². The molecule has 47 unspecified atom stereocenters. The SMILES string of the molecule is CC1OC(OC2C(CO)OC(OCC3OC(OC(=O)C45CCC(C)(C)CC4C4=CCC6C7(C)CCC(OC8OCC(O)C(O)C8OC8OC(C)C(O)C(OC9OCC(OC%10OC(CO)C(OC%11OC(CO)C(O)C(O)C%11OC(=O)C=Cc%11ccc(O)c(O)c%11)C(O)C%10O)C(O)C9O)C8O)C(C)(CO)C7CCC6(C)C4(C)CC5)C(O)C(O)C3O)C(O)C2O)C(O)C(O)C1O. The van der Waals surface area contributed by atoms with Crippen molar-refractivity contribution in [3.8, 4) is 11.5 Å². The van der Waals surface area contributed by atoms with Crippen LogP contribution in [0.4, 0.5) is 0 Å². The summed E-state index contributed by atoms with van der Waals surface area (Å²) in [5.41, 5.74) is -2.49. The van der Waals surface area contributed by atoms with Crippen molar-refractivity contribution in [1.29, 1.82) is 0 Å². The van der Waals surface area contributed by atoms with E-state index in [0.29, 0.717) is 64.2 Å². The van der Waals surface area contributed by atoms with Crippen LogP contribution in [-0.2, 0) is 90.1 Å². The summed E-state index contributed by atoms with van der Waals surface area (Å²) < 4.78 is 101. The number of benzene rings is 1. The highest BCUT2D eigenvalue weighted by atomic mass is 16.8. The molecule has 47 atom stereocenters. The lowest BCUT2D eigenvalue weighted by atomic mass is 9.33. The molecule has 43 heteroatoms. The number of phenols is 2. The van der Waals surface area contributed by atoms with Gasteiger partial charge in [0.1, 0.15) is 165 Å². The number of hydrogen-bond donors (Lipinski definition) is 24. The Bertz CT molecular complexity index is 3980. The molecule has 0 bridgehead atoms. The van der Waals surface area contributed by atoms with E-state index in [1.807, 2.05) is 6.92 Å². The Balaban J connectivity index is 0.601. The maximum atomic E-state index is 15.4. The molecule has 0 aromatic heterocycles. The molecule has 0 spiro atoms. The minimum absolute atomic E-state index is 0.00235. The van der Waals surface area contributed by atoms with Crippen LogP contribution >= 0.6 is 0 Å². The smallest absolute Gasteiger partial charge is 0.331 e. The molecule has 43 nitrogen and oxygen atoms in total. The maximum absolute atomic E-state index is 15.4. The second-order valence-electron chi connectivity index (χ2n) is 38.9. The Hall–Kier alpha value is -4.24. The number of phenolic OH excluding ortho intramolecular Hbond substituents is 2. The molecule has 728 valence electrons. The quantitative estimate of drug-likeness (QED) is 0.0150. The second kappa shape index (κ2) is 39.1. The van der Waals surface area contributed by atoms with Gasteiger partial charge in [0, 0.05) is 11.5 Å². The van der Waals surface area contributed by atoms with Gasteiger partial charge in [-0.15, -0.1) is 0 Å². The van der Waals surface area contributed by atoms with Crippen molar-refractivity contribution in [3.63, 3.8) is 0 Å². The Kier molecular flexibility index (Phi) is 30.5. The standard InChI is InChI=1S/C85H130O43/c1-32-49(94)55(100)61(106)73(115-32)124-66-41(26-87)118-71(63(108)58(66)103)113-29-43-53(98)56(101)62(107)75(121-43)128-79(111)85-21-19-80(3,4)24-36(85)35-11-13-46-81(5)17-16-47(82(6,31-89)45(81)15-18-84(46,8)83(35,7)20-22-85)122-77-69(51(96)39(92)28-112-77)127-76-65(110)68(50(95)33(2)116-76)126-72-60(105)54(99)44(30-114-72)120-74-64(109)59(104)67(42(27-88)119-74)125-78-70(57(102)52(97)40(25-86)117-78)123-48(93)14-10-34-9-12-37(90)38(91)23-34/h9-12,14,23,32-33,36,39-47,49-78,86-92,94-110H,13,15-22,24-31H2,1-8H3. The largest absolute Gasteiger partial charge is 0.504 e. The van der Waals surface area contributed by atoms with E-state index in [2.05, 4.69) is 40.7 Å². The van der Waals surface area contributed by atoms with Gasteiger partial charge >= 0.3 is 11.9 Å². The molecule has 1 aromatic carbocycles. The molecule has 1 aromatic rings. The van der Waals surface area contributed by atoms with Crippen molar-refractivity contribution in [2.45, 2.75) is 359 Å². The van der Waals surface area contributed by atoms with Crippen molar-refractivity contribution >= 4 is 18.0 Å². The van der Waals surface area contributed by atoms with Gasteiger partial charge in [0.05, 0.1) is 70.0 Å². The molecule has 8 heterocycles. The van der Waals surface area contributed by atoms with Gasteiger partial charge in [0.15, 0.2) is 61.6 Å². The summed E-state index contributed by atoms with van der Waals surface area (Å²) in [4.78, 5) is 28.5. The van der Waals surface area contributed by atoms with Gasteiger partial charge in [0.2, 0.25) is 6.29 Å². The summed E-state index contributed by atoms with van der Waals surface area (Å²) in [5.74, 6) is -3.39. The first-order chi connectivity index (χ1) is 60.3. The molecule has 8 saturated heterocycles. The topological polar surface area (TPSA) is 677 Å². The van der Waals surface area contributed by atoms with E-state index < -0.39 is 330 Å². The number of ether oxygens (including phenoxy) is 17. The van der Waals surface area contributed by atoms with Crippen LogP contribution < -0.4 is 0 Å². The third-order valence-electron chi connectivity index (χ3n) is 30.8. The highest BCUT2D eigenvalue weighted by Crippen LogP contribution is 2.76. The van der Waals surface area contributed by atoms with E-state index in [9.17, 15) is 127 Å². The van der Waals surface area contributed by atoms with E-state index >= 15 is 4.79 Å². The summed E-state index contributed by atoms with van der Waals surface area (Å²) >= 11 is 0. The zero-order valence-electron chi connectivity index (χ0n) is 72.2. The predicted molar refractivity (Wildman–Crippen MR) is 423 cm³/mol. The van der Waals surface area contributed by atoms with Crippen LogP contribution in [0.3, 0.4) is 0 Å². The highest BCUT2D eigenvalue weighted by molar-refractivity contribution is 5.87. The lowest BCUT2D eigenvalue weighted by Crippen LogP contribution is -2.67. The highest BCUT2D eigenvalue weighted by Gasteiger charge is 2.72. The van der Waals surface area contributed by atoms with Crippen LogP contribution in [0.2, 0.25) is 0 Å². The summed E-state index contributed by atoms with van der Waals surface area (Å²) in [7, 11) is 0. The molecule has 13 aliphatic rings. The molecule has 0 radical (unpaired) electrons. The molecule has 128 heavy (non-hydrogen) atoms. The third-order valence-corrected chi connectivity index (χ3v) is 30.8. The molecule has 12 fully saturated rings. The number of carbonyl (C=O) groups is 2. The van der Waals surface area contributed by atoms with Gasteiger partial charge in [-0.1, -0.05) is 59.3 Å². The number of aromatic hydroxyl groups is 2. The summed E-state index contributed by atoms with van der Waals surface area (Å²) in [6, 6.07) is 3.60. The number of hydrogen-bond acceptors (Lipinski definition) is 43. The monoisotopic (exact) mass is 1840 g/mol. The van der Waals surface area contributed by atoms with Crippen molar-refractivity contribution in [1.82, 2.24) is 0 Å². The number of fused-ring (bicyclic) bond motifs is 7. The fourth-order valence-corrected chi connectivity index (χ4v) is 22.8. The molecular weight excluding hydrogens is 1710 g/mol. The molecule has 0 amide bonds. The van der Waals surface area contributed by atoms with Crippen LogP contribution in [0.1, 0.15) is 125 Å². The van der Waals surface area contributed by atoms with Gasteiger partial charge in [-0.2, -0.15) is 0 Å². The zero-order chi connectivity index (χ0) is 93.0. The van der Waals surface area contributed by atoms with Gasteiger partial charge in [-0.25, -0.2) is 4.79 Å². The number of aliphatic hydroxyl groups is 22. The average molecular weight is 1840 g/mol. The van der Waals surface area contributed by atoms with Gasteiger partial charge in [0.25, 0.3) is 0 Å². The molecule has 24 N–H and O–H groups in total. The summed E-state index contributed by atoms with van der Waals surface area (Å²) in [6.07, 6.45) is -58.4. The van der Waals surface area contributed by atoms with Crippen molar-refractivity contribution in [3.05, 3.63) is 41.5 Å². The van der Waals surface area contributed by atoms with Crippen LogP contribution in [0, 0.1) is 50.2 Å². The number of carbonyl (C=O) groups excluding carboxylic acids is 2. The zero-order valence-corrected chi connectivity index (χ0v) is 72.2. The lowest BCUT2D eigenvalue weighted by molar-refractivity contribution is -0.386. The summed E-state index contributed by atoms with van der Waals surface area (Å²) in [5, 5.41) is 265. The first kappa shape index (κ1) is 99.7. The first-order valence-electron chi connectivity index (χ1n) is 44.1. The minimum Gasteiger partial charge on any atom is -0.504 e. The first-order valence-corrected chi connectivity index (χ1v) is 44.1. The van der Waals surface area contributed by atoms with E-state index in [-0.39, 0.29) is 35.3 Å². The van der Waals surface area contributed by atoms with Gasteiger partial charge in [-0.3, -0.25) is 4.79 Å². The van der Waals surface area contributed by atoms with E-state index in [1.165, 1.54) is 26.0 Å². The van der Waals surface area contributed by atoms with Crippen molar-refractivity contribution in [2.24, 2.45) is 50.2 Å². The number of esters is 2. The molecule has 8 aliphatic heterocycles. The normalized spacial score (nSPS) is 51.0. The fourth-order valence-electron chi connectivity index (χ4n) is 22.8. The number of allylic oxidation sites excluding steroid dienone is 2. The Morgan fingerprint density at radius 1 is 0.453 bits per heavy atom. The van der Waals surface area contributed by atoms with Gasteiger partial charge in [-0.05, 0) is 141 Å².